The Morgan fingerprint density at radius 3 is 2.85 bits per heavy atom. The molecule has 0 radical (unpaired) electrons. The van der Waals surface area contributed by atoms with Crippen LogP contribution in [0.1, 0.15) is 56.4 Å². The van der Waals surface area contributed by atoms with Gasteiger partial charge in [0.25, 0.3) is 0 Å². The fourth-order valence-electron chi connectivity index (χ4n) is 3.97. The first kappa shape index (κ1) is 18.0. The van der Waals surface area contributed by atoms with Gasteiger partial charge in [0.15, 0.2) is 5.78 Å². The molecule has 0 saturated heterocycles. The van der Waals surface area contributed by atoms with Gasteiger partial charge in [0, 0.05) is 29.0 Å². The summed E-state index contributed by atoms with van der Waals surface area (Å²) in [5, 5.41) is 5.51. The minimum atomic E-state index is -0.340. The lowest BCUT2D eigenvalue weighted by molar-refractivity contribution is -0.119. The van der Waals surface area contributed by atoms with Crippen LogP contribution < -0.4 is 10.2 Å². The highest BCUT2D eigenvalue weighted by molar-refractivity contribution is 7.10. The summed E-state index contributed by atoms with van der Waals surface area (Å²) in [5.41, 5.74) is 3.51. The average molecular weight is 381 g/mol. The van der Waals surface area contributed by atoms with E-state index < -0.39 is 0 Å². The van der Waals surface area contributed by atoms with Crippen molar-refractivity contribution in [2.45, 2.75) is 51.5 Å². The Morgan fingerprint density at radius 2 is 2.07 bits per heavy atom. The molecule has 0 fully saturated rings. The highest BCUT2D eigenvalue weighted by Gasteiger charge is 2.39. The van der Waals surface area contributed by atoms with Gasteiger partial charge in [-0.15, -0.1) is 11.3 Å². The number of anilines is 2. The molecule has 2 aliphatic rings. The van der Waals surface area contributed by atoms with Crippen molar-refractivity contribution in [3.63, 3.8) is 0 Å². The van der Waals surface area contributed by atoms with Gasteiger partial charge in [0.2, 0.25) is 5.91 Å². The Hall–Kier alpha value is -2.40. The van der Waals surface area contributed by atoms with E-state index in [0.717, 1.165) is 53.2 Å². The average Bonchev–Trinajstić information content (AvgIpc) is 3.15. The zero-order valence-electron chi connectivity index (χ0n) is 15.5. The maximum absolute atomic E-state index is 13.3. The van der Waals surface area contributed by atoms with Crippen LogP contribution >= 0.6 is 11.3 Å². The molecule has 140 valence electrons. The Labute approximate surface area is 163 Å². The van der Waals surface area contributed by atoms with Crippen LogP contribution in [-0.4, -0.2) is 11.7 Å². The molecule has 4 nitrogen and oxygen atoms in total. The minimum absolute atomic E-state index is 0.0802. The topological polar surface area (TPSA) is 49.4 Å². The zero-order chi connectivity index (χ0) is 18.8. The summed E-state index contributed by atoms with van der Waals surface area (Å²) in [6.45, 7) is 2.09. The lowest BCUT2D eigenvalue weighted by Crippen LogP contribution is -2.37. The van der Waals surface area contributed by atoms with Crippen LogP contribution in [0.25, 0.3) is 0 Å². The van der Waals surface area contributed by atoms with Crippen LogP contribution in [0.15, 0.2) is 53.0 Å². The zero-order valence-corrected chi connectivity index (χ0v) is 16.3. The molecule has 27 heavy (non-hydrogen) atoms. The molecular formula is C22H24N2O2S. The van der Waals surface area contributed by atoms with Crippen molar-refractivity contribution >= 4 is 34.4 Å². The maximum atomic E-state index is 13.3. The molecule has 1 aromatic carbocycles. The van der Waals surface area contributed by atoms with Crippen molar-refractivity contribution < 1.29 is 9.59 Å². The van der Waals surface area contributed by atoms with Crippen molar-refractivity contribution in [2.24, 2.45) is 0 Å². The van der Waals surface area contributed by atoms with Crippen LogP contribution in [0, 0.1) is 0 Å². The number of nitrogens with zero attached hydrogens (tertiary/aromatic N) is 1. The van der Waals surface area contributed by atoms with Crippen LogP contribution in [0.5, 0.6) is 0 Å². The van der Waals surface area contributed by atoms with E-state index in [4.69, 9.17) is 0 Å². The van der Waals surface area contributed by atoms with Crippen molar-refractivity contribution in [2.75, 3.05) is 10.2 Å². The van der Waals surface area contributed by atoms with Gasteiger partial charge in [-0.05, 0) is 42.8 Å². The molecule has 1 unspecified atom stereocenters. The Morgan fingerprint density at radius 1 is 1.22 bits per heavy atom. The normalized spacial score (nSPS) is 19.2. The molecule has 4 rings (SSSR count). The van der Waals surface area contributed by atoms with Crippen molar-refractivity contribution in [3.05, 3.63) is 57.9 Å². The molecule has 1 amide bonds. The lowest BCUT2D eigenvalue weighted by Gasteiger charge is -2.33. The minimum Gasteiger partial charge on any atom is -0.357 e. The second kappa shape index (κ2) is 7.69. The van der Waals surface area contributed by atoms with Crippen LogP contribution in [0.2, 0.25) is 0 Å². The predicted molar refractivity (Wildman–Crippen MR) is 110 cm³/mol. The SMILES string of the molecule is CCCCC(=O)N1c2ccccc2NC2=C(C(=O)CCC2)C1c1cccs1. The number of rotatable bonds is 4. The second-order valence-corrected chi connectivity index (χ2v) is 8.08. The smallest absolute Gasteiger partial charge is 0.227 e. The molecular weight excluding hydrogens is 356 g/mol. The third kappa shape index (κ3) is 3.32. The Bertz CT molecular complexity index is 885. The molecule has 2 aromatic rings. The number of allylic oxidation sites excluding steroid dienone is 1. The van der Waals surface area contributed by atoms with E-state index in [-0.39, 0.29) is 17.7 Å². The van der Waals surface area contributed by atoms with Gasteiger partial charge < -0.3 is 5.32 Å². The number of carbonyl (C=O) groups is 2. The number of Topliss-reactive ketones (excluding diaryl/α,β-unsaturated/α-hetero) is 1. The molecule has 2 heterocycles. The van der Waals surface area contributed by atoms with Crippen LogP contribution in [0.4, 0.5) is 11.4 Å². The third-order valence-electron chi connectivity index (χ3n) is 5.26. The number of hydrogen-bond acceptors (Lipinski definition) is 4. The number of ketones is 1. The highest BCUT2D eigenvalue weighted by atomic mass is 32.1. The summed E-state index contributed by atoms with van der Waals surface area (Å²) in [7, 11) is 0. The van der Waals surface area contributed by atoms with Gasteiger partial charge in [-0.2, -0.15) is 0 Å². The van der Waals surface area contributed by atoms with E-state index in [1.807, 2.05) is 46.7 Å². The largest absolute Gasteiger partial charge is 0.357 e. The fourth-order valence-corrected chi connectivity index (χ4v) is 4.80. The number of fused-ring (bicyclic) bond motifs is 1. The van der Waals surface area contributed by atoms with Gasteiger partial charge in [-0.25, -0.2) is 0 Å². The van der Waals surface area contributed by atoms with Gasteiger partial charge >= 0.3 is 0 Å². The summed E-state index contributed by atoms with van der Waals surface area (Å²) in [5.74, 6) is 0.236. The number of thiophene rings is 1. The molecule has 1 aliphatic heterocycles. The molecule has 0 spiro atoms. The number of unbranched alkanes of at least 4 members (excludes halogenated alkanes) is 1. The first-order valence-corrected chi connectivity index (χ1v) is 10.6. The van der Waals surface area contributed by atoms with Gasteiger partial charge in [0.1, 0.15) is 6.04 Å². The number of amides is 1. The van der Waals surface area contributed by atoms with Gasteiger partial charge in [-0.3, -0.25) is 14.5 Å². The Balaban J connectivity index is 1.92. The van der Waals surface area contributed by atoms with Crippen molar-refractivity contribution in [3.8, 4) is 0 Å². The summed E-state index contributed by atoms with van der Waals surface area (Å²) in [6.07, 6.45) is 4.55. The molecule has 1 aliphatic carbocycles. The predicted octanol–water partition coefficient (Wildman–Crippen LogP) is 5.45. The standard InChI is InChI=1S/C22H24N2O2S/c1-2-3-13-20(26)24-17-10-5-4-8-15(17)23-16-9-6-11-18(25)21(16)22(24)19-12-7-14-27-19/h4-5,7-8,10,12,14,22-23H,2-3,6,9,11,13H2,1H3. The summed E-state index contributed by atoms with van der Waals surface area (Å²) >= 11 is 1.61. The molecule has 1 atom stereocenters. The number of nitrogens with one attached hydrogen (secondary N) is 1. The monoisotopic (exact) mass is 380 g/mol. The number of para-hydroxylation sites is 2. The quantitative estimate of drug-likeness (QED) is 0.768. The van der Waals surface area contributed by atoms with Crippen molar-refractivity contribution in [1.82, 2.24) is 0 Å². The van der Waals surface area contributed by atoms with Crippen molar-refractivity contribution in [1.29, 1.82) is 0 Å². The number of carbonyl (C=O) groups excluding carboxylic acids is 2. The van der Waals surface area contributed by atoms with E-state index in [2.05, 4.69) is 12.2 Å². The maximum Gasteiger partial charge on any atom is 0.227 e. The number of benzene rings is 1. The summed E-state index contributed by atoms with van der Waals surface area (Å²) < 4.78 is 0. The third-order valence-corrected chi connectivity index (χ3v) is 6.19. The number of hydrogen-bond donors (Lipinski definition) is 1. The lowest BCUT2D eigenvalue weighted by atomic mass is 9.88. The van der Waals surface area contributed by atoms with Gasteiger partial charge in [0.05, 0.1) is 11.4 Å². The molecule has 1 aromatic heterocycles. The second-order valence-electron chi connectivity index (χ2n) is 7.10. The van der Waals surface area contributed by atoms with Crippen LogP contribution in [-0.2, 0) is 9.59 Å². The molecule has 0 saturated carbocycles. The summed E-state index contributed by atoms with van der Waals surface area (Å²) in [4.78, 5) is 29.2. The molecule has 0 bridgehead atoms. The van der Waals surface area contributed by atoms with Gasteiger partial charge in [-0.1, -0.05) is 31.5 Å². The first-order chi connectivity index (χ1) is 13.2. The van der Waals surface area contributed by atoms with E-state index in [1.54, 1.807) is 11.3 Å². The van der Waals surface area contributed by atoms with E-state index in [1.165, 1.54) is 0 Å². The van der Waals surface area contributed by atoms with E-state index >= 15 is 0 Å². The highest BCUT2D eigenvalue weighted by Crippen LogP contribution is 2.46. The van der Waals surface area contributed by atoms with E-state index in [9.17, 15) is 9.59 Å². The molecule has 1 N–H and O–H groups in total. The summed E-state index contributed by atoms with van der Waals surface area (Å²) in [6, 6.07) is 11.6. The Kier molecular flexibility index (Phi) is 5.12. The van der Waals surface area contributed by atoms with Crippen LogP contribution in [0.3, 0.4) is 0 Å². The first-order valence-electron chi connectivity index (χ1n) is 9.68. The molecule has 5 heteroatoms. The van der Waals surface area contributed by atoms with E-state index in [0.29, 0.717) is 12.8 Å². The fraction of sp³-hybridized carbons (Fsp3) is 0.364.